The van der Waals surface area contributed by atoms with Gasteiger partial charge in [-0.25, -0.2) is 18.1 Å². The first-order chi connectivity index (χ1) is 8.18. The van der Waals surface area contributed by atoms with Gasteiger partial charge in [-0.05, 0) is 25.9 Å². The molecule has 1 fully saturated rings. The number of aromatic amines is 1. The lowest BCUT2D eigenvalue weighted by Crippen LogP contribution is -2.37. The summed E-state index contributed by atoms with van der Waals surface area (Å²) >= 11 is 0. The molecule has 0 aliphatic carbocycles. The van der Waals surface area contributed by atoms with E-state index in [2.05, 4.69) is 19.6 Å². The van der Waals surface area contributed by atoms with Crippen molar-refractivity contribution in [1.29, 1.82) is 0 Å². The van der Waals surface area contributed by atoms with Crippen LogP contribution in [0.25, 0.3) is 0 Å². The van der Waals surface area contributed by atoms with Crippen molar-refractivity contribution in [2.45, 2.75) is 24.3 Å². The van der Waals surface area contributed by atoms with Gasteiger partial charge in [-0.15, -0.1) is 0 Å². The number of imidazole rings is 1. The maximum absolute atomic E-state index is 11.7. The van der Waals surface area contributed by atoms with Gasteiger partial charge in [0, 0.05) is 13.1 Å². The summed E-state index contributed by atoms with van der Waals surface area (Å²) in [6, 6.07) is 0. The lowest BCUT2D eigenvalue weighted by Gasteiger charge is -2.26. The van der Waals surface area contributed by atoms with E-state index in [1.54, 1.807) is 0 Å². The molecule has 1 aliphatic heterocycles. The number of H-pyrrole nitrogens is 1. The first kappa shape index (κ1) is 12.5. The average Bonchev–Trinajstić information content (AvgIpc) is 2.84. The molecular weight excluding hydrogens is 240 g/mol. The van der Waals surface area contributed by atoms with Gasteiger partial charge < -0.3 is 9.88 Å². The largest absolute Gasteiger partial charge is 0.335 e. The summed E-state index contributed by atoms with van der Waals surface area (Å²) in [4.78, 5) is 8.58. The Morgan fingerprint density at radius 1 is 1.35 bits per heavy atom. The van der Waals surface area contributed by atoms with E-state index in [-0.39, 0.29) is 5.03 Å². The lowest BCUT2D eigenvalue weighted by molar-refractivity contribution is 0.232. The number of rotatable bonds is 5. The monoisotopic (exact) mass is 258 g/mol. The number of nitrogens with one attached hydrogen (secondary N) is 2. The van der Waals surface area contributed by atoms with Crippen LogP contribution in [-0.4, -0.2) is 49.5 Å². The molecule has 7 heteroatoms. The van der Waals surface area contributed by atoms with E-state index in [4.69, 9.17) is 0 Å². The zero-order chi connectivity index (χ0) is 12.1. The summed E-state index contributed by atoms with van der Waals surface area (Å²) in [7, 11) is -3.41. The van der Waals surface area contributed by atoms with E-state index in [0.29, 0.717) is 6.54 Å². The minimum atomic E-state index is -3.41. The molecule has 2 rings (SSSR count). The lowest BCUT2D eigenvalue weighted by atomic mass is 10.1. The van der Waals surface area contributed by atoms with Crippen molar-refractivity contribution < 1.29 is 8.42 Å². The van der Waals surface area contributed by atoms with Crippen LogP contribution in [0.4, 0.5) is 0 Å². The predicted molar refractivity (Wildman–Crippen MR) is 64.1 cm³/mol. The highest BCUT2D eigenvalue weighted by molar-refractivity contribution is 7.89. The molecule has 0 saturated carbocycles. The van der Waals surface area contributed by atoms with Crippen molar-refractivity contribution in [2.75, 3.05) is 26.2 Å². The minimum absolute atomic E-state index is 0.121. The van der Waals surface area contributed by atoms with Crippen LogP contribution in [0.3, 0.4) is 0 Å². The van der Waals surface area contributed by atoms with Gasteiger partial charge in [-0.2, -0.15) is 0 Å². The van der Waals surface area contributed by atoms with Gasteiger partial charge in [0.05, 0.1) is 12.5 Å². The third-order valence-corrected chi connectivity index (χ3v) is 4.32. The fourth-order valence-electron chi connectivity index (χ4n) is 1.99. The van der Waals surface area contributed by atoms with Crippen molar-refractivity contribution in [3.8, 4) is 0 Å². The molecule has 0 aromatic carbocycles. The topological polar surface area (TPSA) is 78.1 Å². The van der Waals surface area contributed by atoms with Gasteiger partial charge in [-0.3, -0.25) is 0 Å². The molecule has 0 amide bonds. The number of sulfonamides is 1. The average molecular weight is 258 g/mol. The molecule has 0 bridgehead atoms. The van der Waals surface area contributed by atoms with Crippen LogP contribution in [0, 0.1) is 0 Å². The van der Waals surface area contributed by atoms with E-state index >= 15 is 0 Å². The van der Waals surface area contributed by atoms with E-state index in [9.17, 15) is 8.42 Å². The summed E-state index contributed by atoms with van der Waals surface area (Å²) in [6.45, 7) is 3.37. The van der Waals surface area contributed by atoms with Crippen molar-refractivity contribution in [3.63, 3.8) is 0 Å². The highest BCUT2D eigenvalue weighted by atomic mass is 32.2. The minimum Gasteiger partial charge on any atom is -0.335 e. The molecule has 1 aromatic heterocycles. The Morgan fingerprint density at radius 3 is 2.76 bits per heavy atom. The highest BCUT2D eigenvalue weighted by Gasteiger charge is 2.16. The first-order valence-electron chi connectivity index (χ1n) is 5.89. The Bertz CT molecular complexity index is 423. The zero-order valence-electron chi connectivity index (χ0n) is 9.72. The van der Waals surface area contributed by atoms with Crippen molar-refractivity contribution in [1.82, 2.24) is 19.6 Å². The van der Waals surface area contributed by atoms with Gasteiger partial charge in [0.1, 0.15) is 0 Å². The molecule has 1 aromatic rings. The van der Waals surface area contributed by atoms with E-state index in [1.807, 2.05) is 0 Å². The number of likely N-dealkylation sites (tertiary alicyclic amines) is 1. The second kappa shape index (κ2) is 5.61. The number of nitrogens with zero attached hydrogens (tertiary/aromatic N) is 2. The fourth-order valence-corrected chi connectivity index (χ4v) is 2.91. The van der Waals surface area contributed by atoms with Crippen LogP contribution in [-0.2, 0) is 10.0 Å². The Labute approximate surface area is 101 Å². The summed E-state index contributed by atoms with van der Waals surface area (Å²) in [5, 5.41) is 0.121. The van der Waals surface area contributed by atoms with Crippen molar-refractivity contribution >= 4 is 10.0 Å². The summed E-state index contributed by atoms with van der Waals surface area (Å²) in [6.07, 6.45) is 6.39. The molecular formula is C10H18N4O2S. The summed E-state index contributed by atoms with van der Waals surface area (Å²) in [5.41, 5.74) is 0. The van der Waals surface area contributed by atoms with E-state index in [0.717, 1.165) is 19.6 Å². The predicted octanol–water partition coefficient (Wildman–Crippen LogP) is 0.174. The molecule has 6 nitrogen and oxygen atoms in total. The van der Waals surface area contributed by atoms with Gasteiger partial charge in [0.25, 0.3) is 10.0 Å². The highest BCUT2D eigenvalue weighted by Crippen LogP contribution is 2.07. The number of aromatic nitrogens is 2. The van der Waals surface area contributed by atoms with E-state index < -0.39 is 10.0 Å². The van der Waals surface area contributed by atoms with Crippen LogP contribution in [0.1, 0.15) is 19.3 Å². The van der Waals surface area contributed by atoms with Gasteiger partial charge in [-0.1, -0.05) is 6.42 Å². The molecule has 0 atom stereocenters. The van der Waals surface area contributed by atoms with Crippen LogP contribution in [0.5, 0.6) is 0 Å². The van der Waals surface area contributed by atoms with Gasteiger partial charge in [0.15, 0.2) is 5.03 Å². The van der Waals surface area contributed by atoms with Crippen LogP contribution in [0.15, 0.2) is 17.6 Å². The van der Waals surface area contributed by atoms with E-state index in [1.165, 1.54) is 31.8 Å². The molecule has 1 aliphatic rings. The van der Waals surface area contributed by atoms with Gasteiger partial charge >= 0.3 is 0 Å². The van der Waals surface area contributed by atoms with Crippen molar-refractivity contribution in [2.24, 2.45) is 0 Å². The molecule has 17 heavy (non-hydrogen) atoms. The quantitative estimate of drug-likeness (QED) is 0.789. The fraction of sp³-hybridized carbons (Fsp3) is 0.700. The summed E-state index contributed by atoms with van der Waals surface area (Å²) in [5.74, 6) is 0. The van der Waals surface area contributed by atoms with Crippen molar-refractivity contribution in [3.05, 3.63) is 12.5 Å². The Balaban J connectivity index is 1.78. The third-order valence-electron chi connectivity index (χ3n) is 2.93. The number of piperidine rings is 1. The third kappa shape index (κ3) is 3.52. The number of hydrogen-bond donors (Lipinski definition) is 2. The first-order valence-corrected chi connectivity index (χ1v) is 7.37. The molecule has 0 spiro atoms. The Morgan fingerprint density at radius 2 is 2.12 bits per heavy atom. The Kier molecular flexibility index (Phi) is 4.14. The maximum Gasteiger partial charge on any atom is 0.257 e. The van der Waals surface area contributed by atoms with Crippen LogP contribution < -0.4 is 4.72 Å². The standard InChI is InChI=1S/C10H18N4O2S/c15-17(16,10-8-11-9-12-10)13-4-7-14-5-2-1-3-6-14/h8-9,13H,1-7H2,(H,11,12). The molecule has 2 N–H and O–H groups in total. The molecule has 0 unspecified atom stereocenters. The molecule has 2 heterocycles. The molecule has 96 valence electrons. The van der Waals surface area contributed by atoms with Crippen LogP contribution >= 0.6 is 0 Å². The zero-order valence-corrected chi connectivity index (χ0v) is 10.5. The molecule has 1 saturated heterocycles. The molecule has 0 radical (unpaired) electrons. The number of hydrogen-bond acceptors (Lipinski definition) is 4. The second-order valence-corrected chi connectivity index (χ2v) is 5.95. The van der Waals surface area contributed by atoms with Crippen LogP contribution in [0.2, 0.25) is 0 Å². The normalized spacial score (nSPS) is 18.4. The SMILES string of the molecule is O=S(=O)(NCCN1CCCCC1)c1cnc[nH]1. The Hall–Kier alpha value is -0.920. The summed E-state index contributed by atoms with van der Waals surface area (Å²) < 4.78 is 26.0. The smallest absolute Gasteiger partial charge is 0.257 e. The maximum atomic E-state index is 11.7. The van der Waals surface area contributed by atoms with Gasteiger partial charge in [0.2, 0.25) is 0 Å². The second-order valence-electron chi connectivity index (χ2n) is 4.22.